The van der Waals surface area contributed by atoms with E-state index in [0.717, 1.165) is 25.0 Å². The Morgan fingerprint density at radius 1 is 1.31 bits per heavy atom. The van der Waals surface area contributed by atoms with Crippen molar-refractivity contribution in [2.75, 3.05) is 7.11 Å². The molecule has 6 heteroatoms. The first-order chi connectivity index (χ1) is 12.5. The molecule has 1 saturated heterocycles. The highest BCUT2D eigenvalue weighted by molar-refractivity contribution is 7.13. The third-order valence-corrected chi connectivity index (χ3v) is 5.92. The Labute approximate surface area is 156 Å². The predicted molar refractivity (Wildman–Crippen MR) is 102 cm³/mol. The molecule has 2 aliphatic rings. The predicted octanol–water partition coefficient (Wildman–Crippen LogP) is 3.99. The van der Waals surface area contributed by atoms with E-state index in [1.54, 1.807) is 12.1 Å². The van der Waals surface area contributed by atoms with E-state index in [0.29, 0.717) is 11.5 Å². The Bertz CT molecular complexity index is 734. The van der Waals surface area contributed by atoms with Crippen LogP contribution in [0.25, 0.3) is 0 Å². The number of methoxy groups -OCH3 is 1. The van der Waals surface area contributed by atoms with E-state index in [4.69, 9.17) is 9.47 Å². The Kier molecular flexibility index (Phi) is 6.10. The maximum atomic E-state index is 13.7. The number of allylic oxidation sites excluding steroid dienone is 3. The first-order valence-corrected chi connectivity index (χ1v) is 9.40. The second kappa shape index (κ2) is 8.32. The topological polar surface area (TPSA) is 38.8 Å². The smallest absolute Gasteiger partial charge is 0.323 e. The summed E-state index contributed by atoms with van der Waals surface area (Å²) in [5.41, 5.74) is 1.85. The zero-order valence-corrected chi connectivity index (χ0v) is 16.3. The zero-order chi connectivity index (χ0) is 18.7. The van der Waals surface area contributed by atoms with E-state index in [-0.39, 0.29) is 30.5 Å². The number of carbonyl (C=O) groups is 1. The zero-order valence-electron chi connectivity index (χ0n) is 15.2. The molecule has 4 nitrogen and oxygen atoms in total. The fraction of sp³-hybridized carbons (Fsp3) is 0.450. The molecular formula is C20H25FNO3P. The highest BCUT2D eigenvalue weighted by Crippen LogP contribution is 2.38. The normalized spacial score (nSPS) is 26.2. The third kappa shape index (κ3) is 3.99. The number of esters is 1. The molecule has 0 amide bonds. The molecule has 3 rings (SSSR count). The van der Waals surface area contributed by atoms with Crippen LogP contribution in [0.2, 0.25) is 0 Å². The first kappa shape index (κ1) is 19.1. The third-order valence-electron chi connectivity index (χ3n) is 5.20. The van der Waals surface area contributed by atoms with Gasteiger partial charge in [0.1, 0.15) is 18.5 Å². The molecule has 0 aromatic heterocycles. The summed E-state index contributed by atoms with van der Waals surface area (Å²) in [6, 6.07) is 6.67. The average Bonchev–Trinajstić information content (AvgIpc) is 3.02. The van der Waals surface area contributed by atoms with Gasteiger partial charge in [0, 0.05) is 18.0 Å². The molecule has 1 aliphatic carbocycles. The van der Waals surface area contributed by atoms with Crippen molar-refractivity contribution >= 4 is 15.4 Å². The lowest BCUT2D eigenvalue weighted by atomic mass is 9.86. The van der Waals surface area contributed by atoms with Crippen LogP contribution in [-0.4, -0.2) is 29.8 Å². The minimum atomic E-state index is -0.244. The van der Waals surface area contributed by atoms with E-state index in [9.17, 15) is 9.18 Å². The summed E-state index contributed by atoms with van der Waals surface area (Å²) in [5.74, 6) is 0.741. The van der Waals surface area contributed by atoms with Gasteiger partial charge in [0.25, 0.3) is 0 Å². The van der Waals surface area contributed by atoms with E-state index >= 15 is 0 Å². The molecule has 0 spiro atoms. The van der Waals surface area contributed by atoms with E-state index in [1.807, 2.05) is 16.8 Å². The maximum Gasteiger partial charge on any atom is 0.323 e. The molecule has 26 heavy (non-hydrogen) atoms. The molecule has 1 heterocycles. The van der Waals surface area contributed by atoms with Crippen LogP contribution < -0.4 is 0 Å². The van der Waals surface area contributed by atoms with Crippen molar-refractivity contribution in [3.05, 3.63) is 59.1 Å². The van der Waals surface area contributed by atoms with Gasteiger partial charge in [-0.2, -0.15) is 0 Å². The summed E-state index contributed by atoms with van der Waals surface area (Å²) >= 11 is 0. The van der Waals surface area contributed by atoms with Crippen molar-refractivity contribution in [3.8, 4) is 0 Å². The van der Waals surface area contributed by atoms with Crippen LogP contribution in [0.4, 0.5) is 4.39 Å². The van der Waals surface area contributed by atoms with E-state index < -0.39 is 0 Å². The molecule has 0 bridgehead atoms. The van der Waals surface area contributed by atoms with Gasteiger partial charge in [-0.3, -0.25) is 9.46 Å². The van der Waals surface area contributed by atoms with E-state index in [1.165, 1.54) is 18.7 Å². The summed E-state index contributed by atoms with van der Waals surface area (Å²) in [4.78, 5) is 11.9. The van der Waals surface area contributed by atoms with Gasteiger partial charge in [-0.25, -0.2) is 4.39 Å². The van der Waals surface area contributed by atoms with Gasteiger partial charge in [0.05, 0.1) is 12.9 Å². The standard InChI is InChI=1S/C20H25FNO3P/c1-13-11-15(25-12-14-5-3-4-6-17(14)21)7-8-16(13)18-9-10-19(22(18)26)20(23)24-2/h3-8,13,18-19H,9-12,26H2,1-2H3/t13?,18-,19+/m1/s1. The summed E-state index contributed by atoms with van der Waals surface area (Å²) in [6.45, 7) is 2.40. The molecular weight excluding hydrogens is 352 g/mol. The number of rotatable bonds is 5. The number of carbonyl (C=O) groups excluding carboxylic acids is 1. The molecule has 0 saturated carbocycles. The van der Waals surface area contributed by atoms with Gasteiger partial charge in [-0.1, -0.05) is 40.6 Å². The number of nitrogens with zero attached hydrogens (tertiary/aromatic N) is 1. The maximum absolute atomic E-state index is 13.7. The van der Waals surface area contributed by atoms with Crippen molar-refractivity contribution in [1.29, 1.82) is 0 Å². The lowest BCUT2D eigenvalue weighted by Crippen LogP contribution is -2.36. The number of ether oxygens (including phenoxy) is 2. The largest absolute Gasteiger partial charge is 0.493 e. The molecule has 1 aromatic carbocycles. The SMILES string of the molecule is COC(=O)[C@@H]1CC[C@H](C2=CC=C(OCc3ccccc3F)CC2C)N1P. The molecule has 0 radical (unpaired) electrons. The fourth-order valence-corrected chi connectivity index (χ4v) is 4.31. The average molecular weight is 377 g/mol. The molecule has 140 valence electrons. The molecule has 2 unspecified atom stereocenters. The monoisotopic (exact) mass is 377 g/mol. The van der Waals surface area contributed by atoms with Crippen molar-refractivity contribution in [2.24, 2.45) is 5.92 Å². The quantitative estimate of drug-likeness (QED) is 0.575. The Balaban J connectivity index is 1.66. The van der Waals surface area contributed by atoms with Crippen molar-refractivity contribution in [2.45, 2.75) is 44.9 Å². The van der Waals surface area contributed by atoms with Crippen molar-refractivity contribution in [1.82, 2.24) is 4.67 Å². The van der Waals surface area contributed by atoms with Crippen LogP contribution in [0.15, 0.2) is 47.7 Å². The van der Waals surface area contributed by atoms with Crippen molar-refractivity contribution < 1.29 is 18.7 Å². The van der Waals surface area contributed by atoms with Crippen LogP contribution in [0.5, 0.6) is 0 Å². The summed E-state index contributed by atoms with van der Waals surface area (Å²) < 4.78 is 26.4. The van der Waals surface area contributed by atoms with Crippen LogP contribution in [0.3, 0.4) is 0 Å². The van der Waals surface area contributed by atoms with Gasteiger partial charge in [-0.05, 0) is 36.5 Å². The van der Waals surface area contributed by atoms with E-state index in [2.05, 4.69) is 22.4 Å². The lowest BCUT2D eigenvalue weighted by molar-refractivity contribution is -0.144. The Morgan fingerprint density at radius 2 is 2.08 bits per heavy atom. The summed E-state index contributed by atoms with van der Waals surface area (Å²) in [7, 11) is 4.11. The van der Waals surface area contributed by atoms with Gasteiger partial charge in [0.15, 0.2) is 0 Å². The van der Waals surface area contributed by atoms with Crippen LogP contribution in [-0.2, 0) is 20.9 Å². The number of benzene rings is 1. The van der Waals surface area contributed by atoms with Gasteiger partial charge < -0.3 is 9.47 Å². The highest BCUT2D eigenvalue weighted by atomic mass is 31.0. The van der Waals surface area contributed by atoms with Gasteiger partial charge in [0.2, 0.25) is 0 Å². The summed E-state index contributed by atoms with van der Waals surface area (Å²) in [5, 5.41) is 0. The minimum Gasteiger partial charge on any atom is -0.493 e. The second-order valence-corrected chi connectivity index (χ2v) is 7.46. The lowest BCUT2D eigenvalue weighted by Gasteiger charge is -2.31. The molecule has 0 N–H and O–H groups in total. The number of halogens is 1. The Morgan fingerprint density at radius 3 is 2.77 bits per heavy atom. The second-order valence-electron chi connectivity index (χ2n) is 6.86. The first-order valence-electron chi connectivity index (χ1n) is 8.89. The number of hydrogen-bond acceptors (Lipinski definition) is 4. The molecule has 4 atom stereocenters. The number of hydrogen-bond donors (Lipinski definition) is 0. The molecule has 1 aliphatic heterocycles. The van der Waals surface area contributed by atoms with Gasteiger partial charge in [-0.15, -0.1) is 0 Å². The minimum absolute atomic E-state index is 0.184. The molecule has 1 fully saturated rings. The molecule has 1 aromatic rings. The van der Waals surface area contributed by atoms with Crippen LogP contribution in [0, 0.1) is 11.7 Å². The Hall–Kier alpha value is -1.71. The summed E-state index contributed by atoms with van der Waals surface area (Å²) in [6.07, 6.45) is 6.56. The van der Waals surface area contributed by atoms with Crippen LogP contribution in [0.1, 0.15) is 31.7 Å². The highest BCUT2D eigenvalue weighted by Gasteiger charge is 2.39. The fourth-order valence-electron chi connectivity index (χ4n) is 3.72. The van der Waals surface area contributed by atoms with Gasteiger partial charge >= 0.3 is 5.97 Å². The van der Waals surface area contributed by atoms with Crippen molar-refractivity contribution in [3.63, 3.8) is 0 Å². The van der Waals surface area contributed by atoms with Crippen LogP contribution >= 0.6 is 9.39 Å².